The smallest absolute Gasteiger partial charge is 0.230 e. The van der Waals surface area contributed by atoms with Gasteiger partial charge in [-0.1, -0.05) is 49.7 Å². The summed E-state index contributed by atoms with van der Waals surface area (Å²) in [6, 6.07) is 10.5. The van der Waals surface area contributed by atoms with Crippen molar-refractivity contribution in [3.8, 4) is 5.69 Å². The lowest BCUT2D eigenvalue weighted by Crippen LogP contribution is -2.41. The summed E-state index contributed by atoms with van der Waals surface area (Å²) in [7, 11) is 0. The van der Waals surface area contributed by atoms with Crippen LogP contribution in [0.5, 0.6) is 0 Å². The predicted molar refractivity (Wildman–Crippen MR) is 104 cm³/mol. The third-order valence-corrected chi connectivity index (χ3v) is 6.18. The summed E-state index contributed by atoms with van der Waals surface area (Å²) in [6.07, 6.45) is 7.17. The molecule has 4 rings (SSSR count). The van der Waals surface area contributed by atoms with E-state index in [-0.39, 0.29) is 5.91 Å². The van der Waals surface area contributed by atoms with Gasteiger partial charge in [0.1, 0.15) is 5.82 Å². The van der Waals surface area contributed by atoms with E-state index in [1.165, 1.54) is 43.9 Å². The first-order valence-corrected chi connectivity index (χ1v) is 10.6. The van der Waals surface area contributed by atoms with E-state index in [1.54, 1.807) is 0 Å². The van der Waals surface area contributed by atoms with Crippen molar-refractivity contribution in [3.05, 3.63) is 36.2 Å². The Bertz CT molecular complexity index is 756. The number of aromatic nitrogens is 3. The molecule has 2 fully saturated rings. The fraction of sp³-hybridized carbons (Fsp3) is 0.550. The molecule has 26 heavy (non-hydrogen) atoms. The van der Waals surface area contributed by atoms with Crippen LogP contribution in [0.15, 0.2) is 35.5 Å². The molecule has 2 aliphatic carbocycles. The fourth-order valence-electron chi connectivity index (χ4n) is 3.64. The lowest BCUT2D eigenvalue weighted by molar-refractivity contribution is -0.119. The minimum atomic E-state index is 0.0952. The van der Waals surface area contributed by atoms with E-state index < -0.39 is 0 Å². The Kier molecular flexibility index (Phi) is 5.29. The van der Waals surface area contributed by atoms with Gasteiger partial charge in [-0.05, 0) is 43.7 Å². The zero-order valence-corrected chi connectivity index (χ0v) is 16.0. The summed E-state index contributed by atoms with van der Waals surface area (Å²) in [4.78, 5) is 17.1. The average Bonchev–Trinajstić information content (AvgIpc) is 3.42. The molecule has 1 heterocycles. The van der Waals surface area contributed by atoms with Gasteiger partial charge in [0, 0.05) is 12.0 Å². The monoisotopic (exact) mass is 370 g/mol. The van der Waals surface area contributed by atoms with Crippen molar-refractivity contribution in [3.63, 3.8) is 0 Å². The lowest BCUT2D eigenvalue weighted by atomic mass is 9.86. The minimum Gasteiger partial charge on any atom is -0.352 e. The highest BCUT2D eigenvalue weighted by atomic mass is 32.2. The van der Waals surface area contributed by atoms with E-state index in [4.69, 9.17) is 4.98 Å². The van der Waals surface area contributed by atoms with Crippen molar-refractivity contribution in [1.82, 2.24) is 20.1 Å². The van der Waals surface area contributed by atoms with E-state index >= 15 is 0 Å². The number of para-hydroxylation sites is 1. The maximum absolute atomic E-state index is 12.3. The molecule has 1 aromatic carbocycles. The molecule has 138 valence electrons. The maximum atomic E-state index is 12.3. The van der Waals surface area contributed by atoms with E-state index in [0.717, 1.165) is 17.9 Å². The summed E-state index contributed by atoms with van der Waals surface area (Å²) in [6.45, 7) is 2.24. The van der Waals surface area contributed by atoms with Gasteiger partial charge in [0.25, 0.3) is 0 Å². The number of carbonyl (C=O) groups excluding carboxylic acids is 1. The summed E-state index contributed by atoms with van der Waals surface area (Å²) in [5.41, 5.74) is 1.04. The van der Waals surface area contributed by atoms with Crippen molar-refractivity contribution in [2.24, 2.45) is 5.92 Å². The minimum absolute atomic E-state index is 0.0952. The molecule has 1 amide bonds. The third-order valence-electron chi connectivity index (χ3n) is 5.35. The van der Waals surface area contributed by atoms with Gasteiger partial charge in [0.15, 0.2) is 0 Å². The summed E-state index contributed by atoms with van der Waals surface area (Å²) in [5.74, 6) is 2.59. The number of rotatable bonds is 6. The Morgan fingerprint density at radius 3 is 2.69 bits per heavy atom. The van der Waals surface area contributed by atoms with E-state index in [2.05, 4.69) is 17.3 Å². The molecule has 0 spiro atoms. The third kappa shape index (κ3) is 4.11. The van der Waals surface area contributed by atoms with Gasteiger partial charge in [-0.25, -0.2) is 9.67 Å². The molecule has 2 aromatic rings. The highest BCUT2D eigenvalue weighted by Crippen LogP contribution is 2.40. The number of amides is 1. The molecule has 1 aromatic heterocycles. The van der Waals surface area contributed by atoms with Crippen LogP contribution in [0.4, 0.5) is 0 Å². The lowest BCUT2D eigenvalue weighted by Gasteiger charge is -2.29. The van der Waals surface area contributed by atoms with Crippen LogP contribution < -0.4 is 5.32 Å². The molecule has 1 N–H and O–H groups in total. The van der Waals surface area contributed by atoms with Crippen LogP contribution in [0.3, 0.4) is 0 Å². The Labute approximate surface area is 159 Å². The van der Waals surface area contributed by atoms with Crippen molar-refractivity contribution in [2.75, 3.05) is 5.75 Å². The number of hydrogen-bond donors (Lipinski definition) is 1. The molecule has 0 bridgehead atoms. The van der Waals surface area contributed by atoms with Crippen LogP contribution in [-0.2, 0) is 4.79 Å². The number of hydrogen-bond acceptors (Lipinski definition) is 4. The number of carbonyl (C=O) groups is 1. The highest BCUT2D eigenvalue weighted by molar-refractivity contribution is 7.99. The Balaban J connectivity index is 1.40. The van der Waals surface area contributed by atoms with E-state index in [1.807, 2.05) is 35.0 Å². The van der Waals surface area contributed by atoms with Crippen LogP contribution in [0.25, 0.3) is 5.69 Å². The molecule has 2 saturated carbocycles. The standard InChI is InChI=1S/C20H26N4OS/c1-14-7-5-6-10-17(14)21-18(25)13-26-20-22-19(15-11-12-15)24(23-20)16-8-3-2-4-9-16/h2-4,8-9,14-15,17H,5-7,10-13H2,1H3,(H,21,25)/t14-,17+/m0/s1. The van der Waals surface area contributed by atoms with Crippen LogP contribution in [0.1, 0.15) is 57.2 Å². The van der Waals surface area contributed by atoms with Gasteiger partial charge >= 0.3 is 0 Å². The van der Waals surface area contributed by atoms with Gasteiger partial charge in [-0.2, -0.15) is 0 Å². The molecule has 2 aliphatic rings. The van der Waals surface area contributed by atoms with Crippen molar-refractivity contribution in [2.45, 2.75) is 62.6 Å². The largest absolute Gasteiger partial charge is 0.352 e. The van der Waals surface area contributed by atoms with Gasteiger partial charge in [0.2, 0.25) is 11.1 Å². The molecule has 5 nitrogen and oxygen atoms in total. The first kappa shape index (κ1) is 17.6. The van der Waals surface area contributed by atoms with Crippen molar-refractivity contribution >= 4 is 17.7 Å². The number of nitrogens with zero attached hydrogens (tertiary/aromatic N) is 3. The molecule has 6 heteroatoms. The van der Waals surface area contributed by atoms with Crippen LogP contribution in [0, 0.1) is 5.92 Å². The molecular formula is C20H26N4OS. The molecule has 2 atom stereocenters. The number of thioether (sulfide) groups is 1. The quantitative estimate of drug-likeness (QED) is 0.783. The van der Waals surface area contributed by atoms with Crippen molar-refractivity contribution in [1.29, 1.82) is 0 Å². The molecule has 0 aliphatic heterocycles. The number of benzene rings is 1. The maximum Gasteiger partial charge on any atom is 0.230 e. The zero-order valence-electron chi connectivity index (χ0n) is 15.2. The first-order chi connectivity index (χ1) is 12.7. The zero-order chi connectivity index (χ0) is 17.9. The fourth-order valence-corrected chi connectivity index (χ4v) is 4.28. The predicted octanol–water partition coefficient (Wildman–Crippen LogP) is 3.93. The molecular weight excluding hydrogens is 344 g/mol. The van der Waals surface area contributed by atoms with Crippen LogP contribution >= 0.6 is 11.8 Å². The summed E-state index contributed by atoms with van der Waals surface area (Å²) < 4.78 is 1.95. The van der Waals surface area contributed by atoms with Crippen LogP contribution in [0.2, 0.25) is 0 Å². The van der Waals surface area contributed by atoms with E-state index in [9.17, 15) is 4.79 Å². The Morgan fingerprint density at radius 1 is 1.19 bits per heavy atom. The topological polar surface area (TPSA) is 59.8 Å². The number of nitrogens with one attached hydrogen (secondary N) is 1. The molecule has 0 saturated heterocycles. The summed E-state index contributed by atoms with van der Waals surface area (Å²) >= 11 is 1.44. The van der Waals surface area contributed by atoms with Crippen LogP contribution in [-0.4, -0.2) is 32.5 Å². The molecule has 0 radical (unpaired) electrons. The SMILES string of the molecule is C[C@H]1CCCC[C@H]1NC(=O)CSc1nc(C2CC2)n(-c2ccccc2)n1. The first-order valence-electron chi connectivity index (χ1n) is 9.65. The highest BCUT2D eigenvalue weighted by Gasteiger charge is 2.30. The Hall–Kier alpha value is -1.82. The second-order valence-corrected chi connectivity index (χ2v) is 8.44. The van der Waals surface area contributed by atoms with Gasteiger partial charge in [-0.3, -0.25) is 4.79 Å². The van der Waals surface area contributed by atoms with Gasteiger partial charge in [0.05, 0.1) is 11.4 Å². The van der Waals surface area contributed by atoms with Gasteiger partial charge in [-0.15, -0.1) is 5.10 Å². The summed E-state index contributed by atoms with van der Waals surface area (Å²) in [5, 5.41) is 8.57. The second kappa shape index (κ2) is 7.82. The van der Waals surface area contributed by atoms with Gasteiger partial charge < -0.3 is 5.32 Å². The average molecular weight is 371 g/mol. The van der Waals surface area contributed by atoms with Crippen molar-refractivity contribution < 1.29 is 4.79 Å². The van der Waals surface area contributed by atoms with E-state index in [0.29, 0.717) is 28.8 Å². The normalized spacial score (nSPS) is 23.0. The second-order valence-electron chi connectivity index (χ2n) is 7.50. The Morgan fingerprint density at radius 2 is 1.96 bits per heavy atom. The molecule has 0 unspecified atom stereocenters.